The molecule has 0 aromatic heterocycles. The Bertz CT molecular complexity index is 1110. The molecule has 0 unspecified atom stereocenters. The fraction of sp³-hybridized carbons (Fsp3) is 0.231. The Morgan fingerprint density at radius 2 is 1.52 bits per heavy atom. The zero-order chi connectivity index (χ0) is 22.2. The number of carboxylic acids is 1. The van der Waals surface area contributed by atoms with Gasteiger partial charge in [-0.3, -0.25) is 5.32 Å². The molecular weight excluding hydrogens is 390 g/mol. The third-order valence-corrected chi connectivity index (χ3v) is 5.70. The third-order valence-electron chi connectivity index (χ3n) is 5.70. The van der Waals surface area contributed by atoms with Gasteiger partial charge >= 0.3 is 12.1 Å². The predicted octanol–water partition coefficient (Wildman–Crippen LogP) is 6.04. The van der Waals surface area contributed by atoms with Crippen molar-refractivity contribution in [1.82, 2.24) is 0 Å². The Balaban J connectivity index is 1.51. The van der Waals surface area contributed by atoms with Crippen LogP contribution in [0, 0.1) is 0 Å². The first-order valence-corrected chi connectivity index (χ1v) is 10.3. The maximum atomic E-state index is 12.5. The Labute approximate surface area is 181 Å². The zero-order valence-electron chi connectivity index (χ0n) is 17.8. The SMILES string of the molecule is CC(C)(C)c1ccc(NC(=O)OCC2c3ccccc3-c3ccccc32)c(C(=O)O)c1. The molecule has 0 fully saturated rings. The predicted molar refractivity (Wildman–Crippen MR) is 121 cm³/mol. The average Bonchev–Trinajstić information content (AvgIpc) is 3.05. The number of carbonyl (C=O) groups excluding carboxylic acids is 1. The molecule has 0 atom stereocenters. The lowest BCUT2D eigenvalue weighted by molar-refractivity contribution is 0.0698. The molecular formula is C26H25NO4. The number of nitrogens with one attached hydrogen (secondary N) is 1. The van der Waals surface area contributed by atoms with Gasteiger partial charge in [0.2, 0.25) is 0 Å². The first-order valence-electron chi connectivity index (χ1n) is 10.3. The van der Waals surface area contributed by atoms with Gasteiger partial charge < -0.3 is 9.84 Å². The average molecular weight is 415 g/mol. The molecule has 1 aliphatic rings. The lowest BCUT2D eigenvalue weighted by Gasteiger charge is -2.20. The van der Waals surface area contributed by atoms with Crippen LogP contribution in [0.15, 0.2) is 66.7 Å². The van der Waals surface area contributed by atoms with Crippen LogP contribution in [0.3, 0.4) is 0 Å². The lowest BCUT2D eigenvalue weighted by atomic mass is 9.86. The maximum absolute atomic E-state index is 12.5. The van der Waals surface area contributed by atoms with E-state index >= 15 is 0 Å². The third kappa shape index (κ3) is 4.04. The minimum atomic E-state index is -1.10. The normalized spacial score (nSPS) is 12.7. The van der Waals surface area contributed by atoms with Crippen LogP contribution in [0.1, 0.15) is 53.7 Å². The number of ether oxygens (including phenoxy) is 1. The Kier molecular flexibility index (Phi) is 5.27. The fourth-order valence-electron chi connectivity index (χ4n) is 4.04. The summed E-state index contributed by atoms with van der Waals surface area (Å²) in [5, 5.41) is 12.2. The molecule has 0 heterocycles. The topological polar surface area (TPSA) is 75.6 Å². The molecule has 5 heteroatoms. The van der Waals surface area contributed by atoms with Gasteiger partial charge in [-0.25, -0.2) is 9.59 Å². The molecule has 0 saturated carbocycles. The molecule has 1 amide bonds. The van der Waals surface area contributed by atoms with Gasteiger partial charge in [0.25, 0.3) is 0 Å². The fourth-order valence-corrected chi connectivity index (χ4v) is 4.04. The minimum Gasteiger partial charge on any atom is -0.478 e. The van der Waals surface area contributed by atoms with E-state index < -0.39 is 12.1 Å². The number of amides is 1. The van der Waals surface area contributed by atoms with E-state index in [1.54, 1.807) is 12.1 Å². The molecule has 31 heavy (non-hydrogen) atoms. The summed E-state index contributed by atoms with van der Waals surface area (Å²) in [5.74, 6) is -1.15. The van der Waals surface area contributed by atoms with Crippen LogP contribution < -0.4 is 5.32 Å². The van der Waals surface area contributed by atoms with Crippen LogP contribution in [0.25, 0.3) is 11.1 Å². The second-order valence-electron chi connectivity index (χ2n) is 8.77. The number of hydrogen-bond donors (Lipinski definition) is 2. The van der Waals surface area contributed by atoms with Crippen LogP contribution in [0.2, 0.25) is 0 Å². The van der Waals surface area contributed by atoms with E-state index in [2.05, 4.69) is 29.6 Å². The van der Waals surface area contributed by atoms with E-state index in [1.807, 2.05) is 51.1 Å². The van der Waals surface area contributed by atoms with E-state index in [0.717, 1.165) is 27.8 Å². The summed E-state index contributed by atoms with van der Waals surface area (Å²) in [5.41, 5.74) is 5.49. The van der Waals surface area contributed by atoms with Crippen molar-refractivity contribution in [2.75, 3.05) is 11.9 Å². The van der Waals surface area contributed by atoms with Crippen LogP contribution in [-0.2, 0) is 10.2 Å². The van der Waals surface area contributed by atoms with Crippen LogP contribution in [0.4, 0.5) is 10.5 Å². The highest BCUT2D eigenvalue weighted by molar-refractivity contribution is 5.99. The van der Waals surface area contributed by atoms with Crippen molar-refractivity contribution >= 4 is 17.7 Å². The number of anilines is 1. The number of rotatable bonds is 4. The van der Waals surface area contributed by atoms with Gasteiger partial charge in [0.15, 0.2) is 0 Å². The number of hydrogen-bond acceptors (Lipinski definition) is 3. The monoisotopic (exact) mass is 415 g/mol. The summed E-state index contributed by atoms with van der Waals surface area (Å²) >= 11 is 0. The maximum Gasteiger partial charge on any atom is 0.411 e. The Morgan fingerprint density at radius 1 is 0.935 bits per heavy atom. The van der Waals surface area contributed by atoms with Crippen molar-refractivity contribution in [3.8, 4) is 11.1 Å². The number of aromatic carboxylic acids is 1. The van der Waals surface area contributed by atoms with Crippen LogP contribution in [0.5, 0.6) is 0 Å². The van der Waals surface area contributed by atoms with Gasteiger partial charge in [-0.15, -0.1) is 0 Å². The highest BCUT2D eigenvalue weighted by atomic mass is 16.5. The van der Waals surface area contributed by atoms with E-state index in [1.165, 1.54) is 0 Å². The first-order chi connectivity index (χ1) is 14.8. The summed E-state index contributed by atoms with van der Waals surface area (Å²) < 4.78 is 5.53. The largest absolute Gasteiger partial charge is 0.478 e. The Hall–Kier alpha value is -3.60. The highest BCUT2D eigenvalue weighted by Gasteiger charge is 2.29. The van der Waals surface area contributed by atoms with Crippen molar-refractivity contribution in [3.63, 3.8) is 0 Å². The summed E-state index contributed by atoms with van der Waals surface area (Å²) in [6, 6.07) is 21.2. The molecule has 0 aliphatic heterocycles. The van der Waals surface area contributed by atoms with Crippen molar-refractivity contribution in [1.29, 1.82) is 0 Å². The molecule has 2 N–H and O–H groups in total. The van der Waals surface area contributed by atoms with E-state index in [9.17, 15) is 14.7 Å². The Morgan fingerprint density at radius 3 is 2.06 bits per heavy atom. The van der Waals surface area contributed by atoms with Crippen molar-refractivity contribution in [2.24, 2.45) is 0 Å². The number of fused-ring (bicyclic) bond motifs is 3. The van der Waals surface area contributed by atoms with E-state index in [4.69, 9.17) is 4.74 Å². The van der Waals surface area contributed by atoms with Gasteiger partial charge in [0, 0.05) is 5.92 Å². The van der Waals surface area contributed by atoms with Crippen molar-refractivity contribution < 1.29 is 19.4 Å². The molecule has 5 nitrogen and oxygen atoms in total. The molecule has 0 spiro atoms. The van der Waals surface area contributed by atoms with Crippen molar-refractivity contribution in [3.05, 3.63) is 89.0 Å². The second-order valence-corrected chi connectivity index (χ2v) is 8.77. The van der Waals surface area contributed by atoms with Crippen molar-refractivity contribution in [2.45, 2.75) is 32.1 Å². The van der Waals surface area contributed by atoms with Crippen LogP contribution in [-0.4, -0.2) is 23.8 Å². The summed E-state index contributed by atoms with van der Waals surface area (Å²) in [4.78, 5) is 24.3. The lowest BCUT2D eigenvalue weighted by Crippen LogP contribution is -2.20. The number of benzene rings is 3. The minimum absolute atomic E-state index is 0.0425. The number of carboxylic acid groups (broad SMARTS) is 1. The van der Waals surface area contributed by atoms with Gasteiger partial charge in [0.05, 0.1) is 11.3 Å². The highest BCUT2D eigenvalue weighted by Crippen LogP contribution is 2.44. The molecule has 3 aromatic rings. The van der Waals surface area contributed by atoms with Gasteiger partial charge in [-0.2, -0.15) is 0 Å². The molecule has 0 bridgehead atoms. The first kappa shape index (κ1) is 20.7. The molecule has 1 aliphatic carbocycles. The quantitative estimate of drug-likeness (QED) is 0.544. The van der Waals surface area contributed by atoms with E-state index in [-0.39, 0.29) is 29.2 Å². The summed E-state index contributed by atoms with van der Waals surface area (Å²) in [6.07, 6.45) is -0.673. The standard InChI is InChI=1S/C26H25NO4/c1-26(2,3)16-12-13-23(21(14-16)24(28)29)27-25(30)31-15-22-19-10-6-4-8-17(19)18-9-5-7-11-20(18)22/h4-14,22H,15H2,1-3H3,(H,27,30)(H,28,29). The molecule has 0 saturated heterocycles. The van der Waals surface area contributed by atoms with Gasteiger partial charge in [-0.05, 0) is 45.4 Å². The smallest absolute Gasteiger partial charge is 0.411 e. The number of carbonyl (C=O) groups is 2. The molecule has 0 radical (unpaired) electrons. The van der Waals surface area contributed by atoms with E-state index in [0.29, 0.717) is 0 Å². The molecule has 158 valence electrons. The summed E-state index contributed by atoms with van der Waals surface area (Å²) in [7, 11) is 0. The van der Waals surface area contributed by atoms with Crippen LogP contribution >= 0.6 is 0 Å². The van der Waals surface area contributed by atoms with Gasteiger partial charge in [0.1, 0.15) is 6.61 Å². The molecule has 3 aromatic carbocycles. The second kappa shape index (κ2) is 7.91. The zero-order valence-corrected chi connectivity index (χ0v) is 17.8. The van der Waals surface area contributed by atoms with Gasteiger partial charge in [-0.1, -0.05) is 75.4 Å². The molecule has 4 rings (SSSR count). The summed E-state index contributed by atoms with van der Waals surface area (Å²) in [6.45, 7) is 6.19.